The standard InChI is InChI=1S/C12H20N2O/c1-4-9(2)7-13-8-11-12(15)6-5-10(3)14-11/h5-6,9,13,15H,4,7-8H2,1-3H3. The van der Waals surface area contributed by atoms with Crippen LogP contribution in [0.25, 0.3) is 0 Å². The molecule has 0 aliphatic carbocycles. The molecule has 3 nitrogen and oxygen atoms in total. The Kier molecular flexibility index (Phi) is 4.56. The predicted molar refractivity (Wildman–Crippen MR) is 61.8 cm³/mol. The second-order valence-electron chi connectivity index (χ2n) is 4.06. The number of aromatic hydroxyl groups is 1. The normalized spacial score (nSPS) is 12.7. The highest BCUT2D eigenvalue weighted by molar-refractivity contribution is 5.27. The van der Waals surface area contributed by atoms with Crippen molar-refractivity contribution in [3.05, 3.63) is 23.5 Å². The summed E-state index contributed by atoms with van der Waals surface area (Å²) in [6.07, 6.45) is 1.17. The third-order valence-corrected chi connectivity index (χ3v) is 2.57. The third kappa shape index (κ3) is 3.88. The summed E-state index contributed by atoms with van der Waals surface area (Å²) < 4.78 is 0. The second kappa shape index (κ2) is 5.71. The number of hydrogen-bond acceptors (Lipinski definition) is 3. The minimum atomic E-state index is 0.275. The van der Waals surface area contributed by atoms with Gasteiger partial charge in [-0.05, 0) is 31.5 Å². The molecule has 0 saturated heterocycles. The molecular weight excluding hydrogens is 188 g/mol. The fourth-order valence-electron chi connectivity index (χ4n) is 1.31. The van der Waals surface area contributed by atoms with Crippen molar-refractivity contribution in [3.8, 4) is 5.75 Å². The lowest BCUT2D eigenvalue weighted by atomic mass is 10.1. The zero-order valence-corrected chi connectivity index (χ0v) is 9.75. The summed E-state index contributed by atoms with van der Waals surface area (Å²) in [7, 11) is 0. The lowest BCUT2D eigenvalue weighted by Crippen LogP contribution is -2.21. The van der Waals surface area contributed by atoms with E-state index in [1.807, 2.05) is 13.0 Å². The van der Waals surface area contributed by atoms with Gasteiger partial charge in [0.25, 0.3) is 0 Å². The van der Waals surface area contributed by atoms with Crippen molar-refractivity contribution in [1.82, 2.24) is 10.3 Å². The quantitative estimate of drug-likeness (QED) is 0.780. The van der Waals surface area contributed by atoms with Crippen molar-refractivity contribution in [2.24, 2.45) is 5.92 Å². The van der Waals surface area contributed by atoms with Gasteiger partial charge < -0.3 is 10.4 Å². The van der Waals surface area contributed by atoms with Crippen molar-refractivity contribution >= 4 is 0 Å². The first-order valence-electron chi connectivity index (χ1n) is 5.49. The van der Waals surface area contributed by atoms with E-state index in [2.05, 4.69) is 24.1 Å². The smallest absolute Gasteiger partial charge is 0.138 e. The maximum absolute atomic E-state index is 9.55. The molecule has 84 valence electrons. The molecule has 0 radical (unpaired) electrons. The molecule has 1 aromatic rings. The van der Waals surface area contributed by atoms with E-state index in [9.17, 15) is 5.11 Å². The molecular formula is C12H20N2O. The molecule has 0 saturated carbocycles. The van der Waals surface area contributed by atoms with E-state index in [4.69, 9.17) is 0 Å². The van der Waals surface area contributed by atoms with Crippen molar-refractivity contribution in [2.75, 3.05) is 6.54 Å². The van der Waals surface area contributed by atoms with Crippen LogP contribution in [0.5, 0.6) is 5.75 Å². The van der Waals surface area contributed by atoms with Crippen LogP contribution in [0.1, 0.15) is 31.7 Å². The molecule has 0 aliphatic rings. The first-order valence-corrected chi connectivity index (χ1v) is 5.49. The van der Waals surface area contributed by atoms with Crippen LogP contribution in [0.15, 0.2) is 12.1 Å². The van der Waals surface area contributed by atoms with Crippen LogP contribution in [0, 0.1) is 12.8 Å². The summed E-state index contributed by atoms with van der Waals surface area (Å²) in [5, 5.41) is 12.9. The van der Waals surface area contributed by atoms with Gasteiger partial charge in [0.05, 0.1) is 5.69 Å². The summed E-state index contributed by atoms with van der Waals surface area (Å²) in [5.74, 6) is 0.939. The zero-order valence-electron chi connectivity index (χ0n) is 9.75. The molecule has 0 fully saturated rings. The van der Waals surface area contributed by atoms with Gasteiger partial charge >= 0.3 is 0 Å². The summed E-state index contributed by atoms with van der Waals surface area (Å²) in [6.45, 7) is 7.91. The molecule has 1 heterocycles. The Balaban J connectivity index is 2.46. The average molecular weight is 208 g/mol. The summed E-state index contributed by atoms with van der Waals surface area (Å²) in [5.41, 5.74) is 1.67. The second-order valence-corrected chi connectivity index (χ2v) is 4.06. The van der Waals surface area contributed by atoms with Gasteiger partial charge in [-0.15, -0.1) is 0 Å². The molecule has 0 bridgehead atoms. The summed E-state index contributed by atoms with van der Waals surface area (Å²) >= 11 is 0. The number of nitrogens with one attached hydrogen (secondary N) is 1. The van der Waals surface area contributed by atoms with Crippen molar-refractivity contribution in [2.45, 2.75) is 33.7 Å². The molecule has 0 aromatic carbocycles. The van der Waals surface area contributed by atoms with Crippen LogP contribution in [-0.2, 0) is 6.54 Å². The van der Waals surface area contributed by atoms with Crippen LogP contribution >= 0.6 is 0 Å². The number of rotatable bonds is 5. The monoisotopic (exact) mass is 208 g/mol. The van der Waals surface area contributed by atoms with E-state index in [0.29, 0.717) is 12.5 Å². The van der Waals surface area contributed by atoms with E-state index < -0.39 is 0 Å². The number of hydrogen-bond donors (Lipinski definition) is 2. The van der Waals surface area contributed by atoms with Gasteiger partial charge in [-0.2, -0.15) is 0 Å². The minimum Gasteiger partial charge on any atom is -0.506 e. The Labute approximate surface area is 91.5 Å². The lowest BCUT2D eigenvalue weighted by Gasteiger charge is -2.10. The maximum atomic E-state index is 9.55. The Morgan fingerprint density at radius 3 is 2.87 bits per heavy atom. The van der Waals surface area contributed by atoms with Gasteiger partial charge in [-0.25, -0.2) is 0 Å². The average Bonchev–Trinajstić information content (AvgIpc) is 2.23. The van der Waals surface area contributed by atoms with E-state index in [1.54, 1.807) is 6.07 Å². The first kappa shape index (κ1) is 12.0. The molecule has 0 amide bonds. The van der Waals surface area contributed by atoms with Gasteiger partial charge in [-0.1, -0.05) is 20.3 Å². The zero-order chi connectivity index (χ0) is 11.3. The van der Waals surface area contributed by atoms with Gasteiger partial charge in [0.2, 0.25) is 0 Å². The molecule has 1 atom stereocenters. The Bertz CT molecular complexity index is 312. The van der Waals surface area contributed by atoms with Crippen LogP contribution < -0.4 is 5.32 Å². The van der Waals surface area contributed by atoms with E-state index in [-0.39, 0.29) is 5.75 Å². The van der Waals surface area contributed by atoms with E-state index >= 15 is 0 Å². The van der Waals surface area contributed by atoms with Crippen molar-refractivity contribution in [1.29, 1.82) is 0 Å². The highest BCUT2D eigenvalue weighted by atomic mass is 16.3. The Hall–Kier alpha value is -1.09. The first-order chi connectivity index (χ1) is 7.13. The lowest BCUT2D eigenvalue weighted by molar-refractivity contribution is 0.450. The number of aryl methyl sites for hydroxylation is 1. The van der Waals surface area contributed by atoms with Crippen LogP contribution in [-0.4, -0.2) is 16.6 Å². The van der Waals surface area contributed by atoms with E-state index in [1.165, 1.54) is 6.42 Å². The highest BCUT2D eigenvalue weighted by Crippen LogP contribution is 2.14. The Morgan fingerprint density at radius 2 is 2.20 bits per heavy atom. The van der Waals surface area contributed by atoms with Gasteiger partial charge in [0.1, 0.15) is 5.75 Å². The summed E-state index contributed by atoms with van der Waals surface area (Å²) in [6, 6.07) is 3.51. The molecule has 2 N–H and O–H groups in total. The van der Waals surface area contributed by atoms with Gasteiger partial charge in [0, 0.05) is 12.2 Å². The molecule has 15 heavy (non-hydrogen) atoms. The Morgan fingerprint density at radius 1 is 1.47 bits per heavy atom. The van der Waals surface area contributed by atoms with Crippen LogP contribution in [0.2, 0.25) is 0 Å². The summed E-state index contributed by atoms with van der Waals surface area (Å²) in [4.78, 5) is 4.28. The van der Waals surface area contributed by atoms with Gasteiger partial charge in [-0.3, -0.25) is 4.98 Å². The van der Waals surface area contributed by atoms with Gasteiger partial charge in [0.15, 0.2) is 0 Å². The highest BCUT2D eigenvalue weighted by Gasteiger charge is 2.03. The SMILES string of the molecule is CCC(C)CNCc1nc(C)ccc1O. The predicted octanol–water partition coefficient (Wildman–Crippen LogP) is 2.23. The fourth-order valence-corrected chi connectivity index (χ4v) is 1.31. The van der Waals surface area contributed by atoms with E-state index in [0.717, 1.165) is 17.9 Å². The molecule has 1 unspecified atom stereocenters. The molecule has 1 aromatic heterocycles. The van der Waals surface area contributed by atoms with Crippen LogP contribution in [0.3, 0.4) is 0 Å². The molecule has 1 rings (SSSR count). The van der Waals surface area contributed by atoms with Crippen molar-refractivity contribution in [3.63, 3.8) is 0 Å². The number of nitrogens with zero attached hydrogens (tertiary/aromatic N) is 1. The molecule has 0 aliphatic heterocycles. The van der Waals surface area contributed by atoms with Crippen molar-refractivity contribution < 1.29 is 5.11 Å². The third-order valence-electron chi connectivity index (χ3n) is 2.57. The topological polar surface area (TPSA) is 45.2 Å². The largest absolute Gasteiger partial charge is 0.506 e. The molecule has 0 spiro atoms. The maximum Gasteiger partial charge on any atom is 0.138 e. The number of aromatic nitrogens is 1. The molecule has 3 heteroatoms. The minimum absolute atomic E-state index is 0.275. The van der Waals surface area contributed by atoms with Crippen LogP contribution in [0.4, 0.5) is 0 Å². The number of pyridine rings is 1. The fraction of sp³-hybridized carbons (Fsp3) is 0.583.